The molecule has 82 valence electrons. The van der Waals surface area contributed by atoms with Crippen LogP contribution in [0, 0.1) is 6.92 Å². The zero-order valence-electron chi connectivity index (χ0n) is 8.86. The van der Waals surface area contributed by atoms with Crippen LogP contribution in [0.4, 0.5) is 0 Å². The molecule has 0 saturated heterocycles. The van der Waals surface area contributed by atoms with Crippen LogP contribution >= 0.6 is 0 Å². The molecule has 0 aliphatic rings. The normalized spacial score (nSPS) is 12.2. The third-order valence-electron chi connectivity index (χ3n) is 2.20. The van der Waals surface area contributed by atoms with Gasteiger partial charge in [0.25, 0.3) is 0 Å². The summed E-state index contributed by atoms with van der Waals surface area (Å²) in [6.45, 7) is 1.90. The van der Waals surface area contributed by atoms with Crippen LogP contribution in [0.5, 0.6) is 5.75 Å². The van der Waals surface area contributed by atoms with Gasteiger partial charge in [-0.05, 0) is 13.0 Å². The molecule has 0 spiro atoms. The molecule has 0 aliphatic carbocycles. The first-order valence-corrected chi connectivity index (χ1v) is 4.66. The molecule has 0 bridgehead atoms. The summed E-state index contributed by atoms with van der Waals surface area (Å²) >= 11 is 0. The van der Waals surface area contributed by atoms with E-state index in [1.807, 2.05) is 6.92 Å². The SMILES string of the molecule is COC(=O)C[C@@H](N)c1cc(C)ccc1O. The van der Waals surface area contributed by atoms with Crippen molar-refractivity contribution in [2.75, 3.05) is 7.11 Å². The van der Waals surface area contributed by atoms with Gasteiger partial charge in [-0.2, -0.15) is 0 Å². The van der Waals surface area contributed by atoms with Crippen molar-refractivity contribution in [2.24, 2.45) is 5.73 Å². The van der Waals surface area contributed by atoms with Crippen molar-refractivity contribution in [3.63, 3.8) is 0 Å². The summed E-state index contributed by atoms with van der Waals surface area (Å²) in [7, 11) is 1.31. The van der Waals surface area contributed by atoms with E-state index >= 15 is 0 Å². The number of aromatic hydroxyl groups is 1. The number of esters is 1. The van der Waals surface area contributed by atoms with Crippen LogP contribution < -0.4 is 5.73 Å². The fourth-order valence-corrected chi connectivity index (χ4v) is 1.34. The number of methoxy groups -OCH3 is 1. The highest BCUT2D eigenvalue weighted by molar-refractivity contribution is 5.70. The minimum atomic E-state index is -0.530. The first kappa shape index (κ1) is 11.5. The van der Waals surface area contributed by atoms with E-state index in [1.54, 1.807) is 18.2 Å². The van der Waals surface area contributed by atoms with Gasteiger partial charge in [-0.3, -0.25) is 4.79 Å². The molecule has 1 aromatic rings. The number of carbonyl (C=O) groups is 1. The monoisotopic (exact) mass is 209 g/mol. The highest BCUT2D eigenvalue weighted by Gasteiger charge is 2.15. The fourth-order valence-electron chi connectivity index (χ4n) is 1.34. The predicted octanol–water partition coefficient (Wildman–Crippen LogP) is 1.26. The van der Waals surface area contributed by atoms with Crippen LogP contribution in [0.15, 0.2) is 18.2 Å². The quantitative estimate of drug-likeness (QED) is 0.735. The molecule has 1 aromatic carbocycles. The first-order chi connectivity index (χ1) is 7.04. The largest absolute Gasteiger partial charge is 0.508 e. The number of rotatable bonds is 3. The number of nitrogens with two attached hydrogens (primary N) is 1. The van der Waals surface area contributed by atoms with Gasteiger partial charge in [0.15, 0.2) is 0 Å². The second kappa shape index (κ2) is 4.79. The van der Waals surface area contributed by atoms with Gasteiger partial charge in [-0.25, -0.2) is 0 Å². The van der Waals surface area contributed by atoms with E-state index in [0.717, 1.165) is 5.56 Å². The maximum absolute atomic E-state index is 11.0. The number of aryl methyl sites for hydroxylation is 1. The second-order valence-corrected chi connectivity index (χ2v) is 3.45. The van der Waals surface area contributed by atoms with Gasteiger partial charge in [-0.1, -0.05) is 17.7 Å². The highest BCUT2D eigenvalue weighted by Crippen LogP contribution is 2.25. The summed E-state index contributed by atoms with van der Waals surface area (Å²) in [4.78, 5) is 11.0. The number of ether oxygens (including phenoxy) is 1. The Morgan fingerprint density at radius 2 is 2.27 bits per heavy atom. The average molecular weight is 209 g/mol. The summed E-state index contributed by atoms with van der Waals surface area (Å²) < 4.78 is 4.51. The molecule has 1 atom stereocenters. The molecular weight excluding hydrogens is 194 g/mol. The Hall–Kier alpha value is -1.55. The fraction of sp³-hybridized carbons (Fsp3) is 0.364. The smallest absolute Gasteiger partial charge is 0.307 e. The minimum Gasteiger partial charge on any atom is -0.508 e. The Morgan fingerprint density at radius 1 is 1.60 bits per heavy atom. The van der Waals surface area contributed by atoms with Crippen LogP contribution in [0.25, 0.3) is 0 Å². The Balaban J connectivity index is 2.85. The lowest BCUT2D eigenvalue weighted by molar-refractivity contribution is -0.141. The third-order valence-corrected chi connectivity index (χ3v) is 2.20. The molecule has 0 unspecified atom stereocenters. The molecule has 0 aliphatic heterocycles. The van der Waals surface area contributed by atoms with Crippen molar-refractivity contribution in [1.82, 2.24) is 0 Å². The van der Waals surface area contributed by atoms with Gasteiger partial charge >= 0.3 is 5.97 Å². The van der Waals surface area contributed by atoms with E-state index in [0.29, 0.717) is 5.56 Å². The number of phenols is 1. The van der Waals surface area contributed by atoms with Gasteiger partial charge in [-0.15, -0.1) is 0 Å². The number of benzene rings is 1. The molecule has 0 aromatic heterocycles. The van der Waals surface area contributed by atoms with Crippen LogP contribution in [0.3, 0.4) is 0 Å². The lowest BCUT2D eigenvalue weighted by Crippen LogP contribution is -2.16. The zero-order valence-corrected chi connectivity index (χ0v) is 8.86. The van der Waals surface area contributed by atoms with Crippen molar-refractivity contribution in [1.29, 1.82) is 0 Å². The standard InChI is InChI=1S/C11H15NO3/c1-7-3-4-10(13)8(5-7)9(12)6-11(14)15-2/h3-5,9,13H,6,12H2,1-2H3/t9-/m1/s1. The topological polar surface area (TPSA) is 72.5 Å². The molecule has 4 heteroatoms. The van der Waals surface area contributed by atoms with E-state index < -0.39 is 6.04 Å². The van der Waals surface area contributed by atoms with Gasteiger partial charge in [0, 0.05) is 11.6 Å². The first-order valence-electron chi connectivity index (χ1n) is 4.66. The zero-order chi connectivity index (χ0) is 11.4. The van der Waals surface area contributed by atoms with Crippen molar-refractivity contribution < 1.29 is 14.6 Å². The summed E-state index contributed by atoms with van der Waals surface area (Å²) in [5.74, 6) is -0.277. The summed E-state index contributed by atoms with van der Waals surface area (Å²) in [6.07, 6.45) is 0.0630. The Bertz CT molecular complexity index is 363. The molecule has 1 rings (SSSR count). The van der Waals surface area contributed by atoms with E-state index in [4.69, 9.17) is 5.73 Å². The van der Waals surface area contributed by atoms with Gasteiger partial charge in [0.05, 0.1) is 13.5 Å². The highest BCUT2D eigenvalue weighted by atomic mass is 16.5. The molecular formula is C11H15NO3. The van der Waals surface area contributed by atoms with E-state index in [2.05, 4.69) is 4.74 Å². The number of hydrogen-bond donors (Lipinski definition) is 2. The van der Waals surface area contributed by atoms with Gasteiger partial charge in [0.1, 0.15) is 5.75 Å². The van der Waals surface area contributed by atoms with Crippen LogP contribution in [0.2, 0.25) is 0 Å². The van der Waals surface area contributed by atoms with Gasteiger partial charge < -0.3 is 15.6 Å². The maximum atomic E-state index is 11.0. The Labute approximate surface area is 88.7 Å². The van der Waals surface area contributed by atoms with Crippen LogP contribution in [-0.4, -0.2) is 18.2 Å². The van der Waals surface area contributed by atoms with E-state index in [-0.39, 0.29) is 18.1 Å². The molecule has 4 nitrogen and oxygen atoms in total. The minimum absolute atomic E-state index is 0.0630. The molecule has 0 radical (unpaired) electrons. The summed E-state index contributed by atoms with van der Waals surface area (Å²) in [6, 6.07) is 4.59. The molecule has 0 saturated carbocycles. The number of phenolic OH excluding ortho intramolecular Hbond substituents is 1. The lowest BCUT2D eigenvalue weighted by Gasteiger charge is -2.12. The molecule has 0 fully saturated rings. The second-order valence-electron chi connectivity index (χ2n) is 3.45. The lowest BCUT2D eigenvalue weighted by atomic mass is 10.0. The van der Waals surface area contributed by atoms with Gasteiger partial charge in [0.2, 0.25) is 0 Å². The Morgan fingerprint density at radius 3 is 2.87 bits per heavy atom. The van der Waals surface area contributed by atoms with E-state index in [9.17, 15) is 9.90 Å². The predicted molar refractivity (Wildman–Crippen MR) is 56.4 cm³/mol. The van der Waals surface area contributed by atoms with Crippen molar-refractivity contribution in [3.8, 4) is 5.75 Å². The average Bonchev–Trinajstić information content (AvgIpc) is 2.21. The molecule has 3 N–H and O–H groups in total. The van der Waals surface area contributed by atoms with Crippen LogP contribution in [0.1, 0.15) is 23.6 Å². The van der Waals surface area contributed by atoms with Crippen LogP contribution in [-0.2, 0) is 9.53 Å². The maximum Gasteiger partial charge on any atom is 0.307 e. The number of carbonyl (C=O) groups excluding carboxylic acids is 1. The third kappa shape index (κ3) is 2.95. The molecule has 0 heterocycles. The molecule has 15 heavy (non-hydrogen) atoms. The van der Waals surface area contributed by atoms with Crippen molar-refractivity contribution >= 4 is 5.97 Å². The van der Waals surface area contributed by atoms with Crippen molar-refractivity contribution in [3.05, 3.63) is 29.3 Å². The Kier molecular flexibility index (Phi) is 3.68. The number of hydrogen-bond acceptors (Lipinski definition) is 4. The summed E-state index contributed by atoms with van der Waals surface area (Å²) in [5.41, 5.74) is 7.34. The molecule has 0 amide bonds. The van der Waals surface area contributed by atoms with Crippen molar-refractivity contribution in [2.45, 2.75) is 19.4 Å². The van der Waals surface area contributed by atoms with E-state index in [1.165, 1.54) is 7.11 Å². The summed E-state index contributed by atoms with van der Waals surface area (Å²) in [5, 5.41) is 9.56.